The highest BCUT2D eigenvalue weighted by atomic mass is 31.2. The first kappa shape index (κ1) is 35.0. The zero-order chi connectivity index (χ0) is 27.3. The van der Waals surface area contributed by atoms with Crippen LogP contribution in [0.5, 0.6) is 0 Å². The number of likely N-dealkylation sites (N-methyl/N-ethyl adjacent to an activating group) is 1. The van der Waals surface area contributed by atoms with E-state index in [0.29, 0.717) is 23.9 Å². The van der Waals surface area contributed by atoms with Gasteiger partial charge in [-0.2, -0.15) is 0 Å². The van der Waals surface area contributed by atoms with Crippen LogP contribution in [-0.4, -0.2) is 74.9 Å². The molecule has 36 heavy (non-hydrogen) atoms. The van der Waals surface area contributed by atoms with Gasteiger partial charge >= 0.3 is 19.8 Å². The molecule has 0 fully saturated rings. The number of phosphoric acid groups is 1. The molecule has 0 heterocycles. The number of hydrogen-bond acceptors (Lipinski definition) is 7. The maximum absolute atomic E-state index is 12.2. The third-order valence-corrected chi connectivity index (χ3v) is 6.62. The molecule has 0 aromatic carbocycles. The molecule has 0 radical (unpaired) electrons. The lowest BCUT2D eigenvalue weighted by Gasteiger charge is -2.24. The normalized spacial score (nSPS) is 14.3. The van der Waals surface area contributed by atoms with Crippen molar-refractivity contribution in [2.75, 3.05) is 47.5 Å². The van der Waals surface area contributed by atoms with Crippen molar-refractivity contribution in [3.63, 3.8) is 0 Å². The largest absolute Gasteiger partial charge is 0.472 e. The van der Waals surface area contributed by atoms with Crippen LogP contribution in [0.2, 0.25) is 0 Å². The van der Waals surface area contributed by atoms with Gasteiger partial charge in [-0.3, -0.25) is 18.6 Å². The van der Waals surface area contributed by atoms with E-state index in [1.165, 1.54) is 32.1 Å². The van der Waals surface area contributed by atoms with Crippen molar-refractivity contribution < 1.29 is 42.1 Å². The van der Waals surface area contributed by atoms with Gasteiger partial charge in [0, 0.05) is 12.8 Å². The van der Waals surface area contributed by atoms with E-state index >= 15 is 0 Å². The molecule has 1 N–H and O–H groups in total. The molecule has 0 rings (SSSR count). The first-order chi connectivity index (χ1) is 17.0. The van der Waals surface area contributed by atoms with Crippen molar-refractivity contribution in [2.24, 2.45) is 0 Å². The smallest absolute Gasteiger partial charge is 0.462 e. The van der Waals surface area contributed by atoms with E-state index in [1.54, 1.807) is 0 Å². The van der Waals surface area contributed by atoms with Gasteiger partial charge in [-0.1, -0.05) is 78.1 Å². The van der Waals surface area contributed by atoms with E-state index < -0.39 is 26.5 Å². The zero-order valence-electron chi connectivity index (χ0n) is 23.5. The molecule has 214 valence electrons. The highest BCUT2D eigenvalue weighted by molar-refractivity contribution is 7.47. The monoisotopic (exact) mass is 538 g/mol. The first-order valence-electron chi connectivity index (χ1n) is 13.8. The summed E-state index contributed by atoms with van der Waals surface area (Å²) in [6.07, 6.45) is 12.3. The molecule has 0 saturated carbocycles. The Hall–Kier alpha value is -0.990. The molecule has 10 heteroatoms. The van der Waals surface area contributed by atoms with E-state index in [9.17, 15) is 19.0 Å². The molecule has 0 aliphatic heterocycles. The zero-order valence-corrected chi connectivity index (χ0v) is 24.4. The second kappa shape index (κ2) is 21.0. The summed E-state index contributed by atoms with van der Waals surface area (Å²) in [5.41, 5.74) is 0. The minimum absolute atomic E-state index is 0.0345. The van der Waals surface area contributed by atoms with Crippen LogP contribution in [0.3, 0.4) is 0 Å². The van der Waals surface area contributed by atoms with Crippen LogP contribution in [0, 0.1) is 0 Å². The fourth-order valence-electron chi connectivity index (χ4n) is 3.36. The SMILES string of the molecule is CCCCCCCCCCC(=O)OC[C@@H](COP(=O)(O)OCC[N+](C)(C)C)OC(=O)CCCCCC. The summed E-state index contributed by atoms with van der Waals surface area (Å²) in [4.78, 5) is 34.3. The van der Waals surface area contributed by atoms with E-state index in [1.807, 2.05) is 21.1 Å². The highest BCUT2D eigenvalue weighted by Gasteiger charge is 2.27. The Morgan fingerprint density at radius 3 is 1.81 bits per heavy atom. The van der Waals surface area contributed by atoms with Gasteiger partial charge in [-0.15, -0.1) is 0 Å². The molecule has 0 aromatic rings. The predicted octanol–water partition coefficient (Wildman–Crippen LogP) is 5.78. The number of carbonyl (C=O) groups excluding carboxylic acids is 2. The van der Waals surface area contributed by atoms with Gasteiger partial charge in [-0.05, 0) is 12.8 Å². The van der Waals surface area contributed by atoms with Crippen molar-refractivity contribution in [1.82, 2.24) is 0 Å². The molecule has 0 saturated heterocycles. The summed E-state index contributed by atoms with van der Waals surface area (Å²) in [5, 5.41) is 0. The Balaban J connectivity index is 4.52. The van der Waals surface area contributed by atoms with E-state index in [0.717, 1.165) is 38.5 Å². The number of unbranched alkanes of at least 4 members (excludes halogenated alkanes) is 10. The van der Waals surface area contributed by atoms with Crippen molar-refractivity contribution >= 4 is 19.8 Å². The lowest BCUT2D eigenvalue weighted by atomic mass is 10.1. The molecule has 0 spiro atoms. The summed E-state index contributed by atoms with van der Waals surface area (Å²) in [7, 11) is 1.47. The minimum atomic E-state index is -4.33. The van der Waals surface area contributed by atoms with Crippen LogP contribution in [0.4, 0.5) is 0 Å². The minimum Gasteiger partial charge on any atom is -0.462 e. The second-order valence-corrected chi connectivity index (χ2v) is 11.9. The van der Waals surface area contributed by atoms with Gasteiger partial charge in [0.15, 0.2) is 6.10 Å². The molecule has 0 aliphatic carbocycles. The van der Waals surface area contributed by atoms with Crippen LogP contribution in [-0.2, 0) is 32.7 Å². The number of nitrogens with zero attached hydrogens (tertiary/aromatic N) is 1. The summed E-state index contributed by atoms with van der Waals surface area (Å²) in [6, 6.07) is 0. The van der Waals surface area contributed by atoms with Gasteiger partial charge in [0.2, 0.25) is 0 Å². The van der Waals surface area contributed by atoms with Crippen LogP contribution < -0.4 is 0 Å². The summed E-state index contributed by atoms with van der Waals surface area (Å²) >= 11 is 0. The van der Waals surface area contributed by atoms with Crippen LogP contribution >= 0.6 is 7.82 Å². The molecule has 0 aliphatic rings. The first-order valence-corrected chi connectivity index (χ1v) is 15.3. The number of rotatable bonds is 24. The van der Waals surface area contributed by atoms with Crippen molar-refractivity contribution in [3.05, 3.63) is 0 Å². The Morgan fingerprint density at radius 1 is 0.750 bits per heavy atom. The topological polar surface area (TPSA) is 108 Å². The lowest BCUT2D eigenvalue weighted by Crippen LogP contribution is -2.37. The number of phosphoric ester groups is 1. The van der Waals surface area contributed by atoms with Crippen LogP contribution in [0.1, 0.15) is 104 Å². The fourth-order valence-corrected chi connectivity index (χ4v) is 4.10. The number of ether oxygens (including phenoxy) is 2. The number of carbonyl (C=O) groups is 2. The second-order valence-electron chi connectivity index (χ2n) is 10.4. The molecular weight excluding hydrogens is 485 g/mol. The van der Waals surface area contributed by atoms with E-state index in [2.05, 4.69) is 13.8 Å². The third kappa shape index (κ3) is 23.4. The summed E-state index contributed by atoms with van der Waals surface area (Å²) < 4.78 is 33.5. The standard InChI is InChI=1S/C26H52NO8P/c1-6-8-10-12-13-14-15-17-18-25(28)32-22-24(35-26(29)19-16-11-9-7-2)23-34-36(30,31)33-21-20-27(3,4)5/h24H,6-23H2,1-5H3/p+1/t24-/m0/s1. The quantitative estimate of drug-likeness (QED) is 0.0713. The van der Waals surface area contributed by atoms with Crippen molar-refractivity contribution in [1.29, 1.82) is 0 Å². The number of hydrogen-bond donors (Lipinski definition) is 1. The van der Waals surface area contributed by atoms with E-state index in [4.69, 9.17) is 18.5 Å². The summed E-state index contributed by atoms with van der Waals surface area (Å²) in [6.45, 7) is 4.20. The van der Waals surface area contributed by atoms with Crippen molar-refractivity contribution in [3.8, 4) is 0 Å². The molecule has 0 aromatic heterocycles. The van der Waals surface area contributed by atoms with Gasteiger partial charge in [0.25, 0.3) is 0 Å². The van der Waals surface area contributed by atoms with Crippen molar-refractivity contribution in [2.45, 2.75) is 110 Å². The average Bonchev–Trinajstić information content (AvgIpc) is 2.79. The Bertz CT molecular complexity index is 624. The Labute approximate surface area is 219 Å². The molecule has 1 unspecified atom stereocenters. The number of quaternary nitrogens is 1. The maximum atomic E-state index is 12.2. The number of esters is 2. The summed E-state index contributed by atoms with van der Waals surface area (Å²) in [5.74, 6) is -0.825. The third-order valence-electron chi connectivity index (χ3n) is 5.64. The Morgan fingerprint density at radius 2 is 1.25 bits per heavy atom. The molecular formula is C26H53NO8P+. The van der Waals surface area contributed by atoms with Gasteiger partial charge in [-0.25, -0.2) is 4.57 Å². The molecule has 0 bridgehead atoms. The average molecular weight is 539 g/mol. The highest BCUT2D eigenvalue weighted by Crippen LogP contribution is 2.43. The maximum Gasteiger partial charge on any atom is 0.472 e. The Kier molecular flexibility index (Phi) is 20.4. The van der Waals surface area contributed by atoms with Gasteiger partial charge in [0.05, 0.1) is 27.7 Å². The lowest BCUT2D eigenvalue weighted by molar-refractivity contribution is -0.870. The molecule has 2 atom stereocenters. The predicted molar refractivity (Wildman–Crippen MR) is 141 cm³/mol. The molecule has 0 amide bonds. The van der Waals surface area contributed by atoms with Gasteiger partial charge in [0.1, 0.15) is 19.8 Å². The fraction of sp³-hybridized carbons (Fsp3) is 0.923. The van der Waals surface area contributed by atoms with Gasteiger partial charge < -0.3 is 18.9 Å². The molecule has 9 nitrogen and oxygen atoms in total. The van der Waals surface area contributed by atoms with Crippen LogP contribution in [0.15, 0.2) is 0 Å². The van der Waals surface area contributed by atoms with E-state index in [-0.39, 0.29) is 25.6 Å². The van der Waals surface area contributed by atoms with Crippen LogP contribution in [0.25, 0.3) is 0 Å².